The van der Waals surface area contributed by atoms with Gasteiger partial charge in [-0.2, -0.15) is 0 Å². The van der Waals surface area contributed by atoms with Crippen molar-refractivity contribution in [2.45, 2.75) is 0 Å². The van der Waals surface area contributed by atoms with Crippen LogP contribution >= 0.6 is 11.6 Å². The Labute approximate surface area is 124 Å². The molecule has 1 aromatic carbocycles. The Balaban J connectivity index is 2.81. The van der Waals surface area contributed by atoms with E-state index in [4.69, 9.17) is 16.7 Å². The first-order chi connectivity index (χ1) is 9.45. The first-order valence-corrected chi connectivity index (χ1v) is 6.63. The quantitative estimate of drug-likeness (QED) is 0.852. The van der Waals surface area contributed by atoms with Gasteiger partial charge in [0.1, 0.15) is 6.61 Å². The lowest BCUT2D eigenvalue weighted by Crippen LogP contribution is -2.33. The molecule has 0 unspecified atom stereocenters. The SMILES string of the molecule is CN(C)CCN(C)C(=O)c1ccc(C#CCO)c(Cl)c1. The fourth-order valence-corrected chi connectivity index (χ4v) is 1.78. The van der Waals surface area contributed by atoms with Crippen LogP contribution in [0.3, 0.4) is 0 Å². The van der Waals surface area contributed by atoms with Gasteiger partial charge in [0.2, 0.25) is 0 Å². The Hall–Kier alpha value is -1.54. The van der Waals surface area contributed by atoms with Gasteiger partial charge in [0, 0.05) is 31.3 Å². The Bertz CT molecular complexity index is 532. The summed E-state index contributed by atoms with van der Waals surface area (Å²) in [5.74, 6) is 5.19. The zero-order valence-electron chi connectivity index (χ0n) is 12.0. The predicted octanol–water partition coefficient (Wildman–Crippen LogP) is 1.32. The monoisotopic (exact) mass is 294 g/mol. The van der Waals surface area contributed by atoms with Crippen molar-refractivity contribution in [1.29, 1.82) is 0 Å². The molecule has 1 rings (SSSR count). The molecule has 0 fully saturated rings. The third-order valence-electron chi connectivity index (χ3n) is 2.75. The molecule has 108 valence electrons. The molecule has 20 heavy (non-hydrogen) atoms. The fraction of sp³-hybridized carbons (Fsp3) is 0.400. The number of carbonyl (C=O) groups excluding carboxylic acids is 1. The number of likely N-dealkylation sites (N-methyl/N-ethyl adjacent to an activating group) is 2. The first kappa shape index (κ1) is 16.5. The van der Waals surface area contributed by atoms with Crippen LogP contribution in [-0.4, -0.2) is 61.7 Å². The molecular formula is C15H19ClN2O2. The molecule has 0 bridgehead atoms. The Kier molecular flexibility index (Phi) is 6.53. The fourth-order valence-electron chi connectivity index (χ4n) is 1.56. The van der Waals surface area contributed by atoms with Crippen molar-refractivity contribution in [2.24, 2.45) is 0 Å². The van der Waals surface area contributed by atoms with Crippen LogP contribution in [-0.2, 0) is 0 Å². The number of rotatable bonds is 4. The molecule has 0 radical (unpaired) electrons. The number of amides is 1. The van der Waals surface area contributed by atoms with Gasteiger partial charge in [0.05, 0.1) is 5.02 Å². The molecule has 0 spiro atoms. The van der Waals surface area contributed by atoms with Crippen molar-refractivity contribution in [3.05, 3.63) is 34.3 Å². The molecule has 0 saturated carbocycles. The topological polar surface area (TPSA) is 43.8 Å². The second-order valence-corrected chi connectivity index (χ2v) is 5.09. The third-order valence-corrected chi connectivity index (χ3v) is 3.06. The van der Waals surface area contributed by atoms with E-state index in [0.29, 0.717) is 22.7 Å². The average molecular weight is 295 g/mol. The summed E-state index contributed by atoms with van der Waals surface area (Å²) in [4.78, 5) is 15.9. The predicted molar refractivity (Wildman–Crippen MR) is 80.9 cm³/mol. The van der Waals surface area contributed by atoms with Gasteiger partial charge in [0.25, 0.3) is 5.91 Å². The van der Waals surface area contributed by atoms with Crippen molar-refractivity contribution >= 4 is 17.5 Å². The summed E-state index contributed by atoms with van der Waals surface area (Å²) in [7, 11) is 5.69. The van der Waals surface area contributed by atoms with Crippen molar-refractivity contribution in [1.82, 2.24) is 9.80 Å². The second-order valence-electron chi connectivity index (χ2n) is 4.68. The van der Waals surface area contributed by atoms with Crippen LogP contribution in [0.25, 0.3) is 0 Å². The molecular weight excluding hydrogens is 276 g/mol. The van der Waals surface area contributed by atoms with E-state index in [2.05, 4.69) is 11.8 Å². The summed E-state index contributed by atoms with van der Waals surface area (Å²) in [5.41, 5.74) is 1.14. The highest BCUT2D eigenvalue weighted by Crippen LogP contribution is 2.18. The number of benzene rings is 1. The summed E-state index contributed by atoms with van der Waals surface area (Å²) in [6, 6.07) is 5.00. The zero-order valence-corrected chi connectivity index (χ0v) is 12.7. The molecule has 1 aromatic rings. The number of aliphatic hydroxyl groups is 1. The lowest BCUT2D eigenvalue weighted by molar-refractivity contribution is 0.0786. The number of hydrogen-bond acceptors (Lipinski definition) is 3. The van der Waals surface area contributed by atoms with Crippen molar-refractivity contribution in [2.75, 3.05) is 40.8 Å². The van der Waals surface area contributed by atoms with Crippen LogP contribution in [0.15, 0.2) is 18.2 Å². The minimum absolute atomic E-state index is 0.0737. The molecule has 0 aromatic heterocycles. The summed E-state index contributed by atoms with van der Waals surface area (Å²) < 4.78 is 0. The first-order valence-electron chi connectivity index (χ1n) is 6.25. The largest absolute Gasteiger partial charge is 0.384 e. The normalized spacial score (nSPS) is 10.1. The van der Waals surface area contributed by atoms with E-state index >= 15 is 0 Å². The zero-order chi connectivity index (χ0) is 15.1. The number of carbonyl (C=O) groups is 1. The smallest absolute Gasteiger partial charge is 0.253 e. The van der Waals surface area contributed by atoms with Gasteiger partial charge >= 0.3 is 0 Å². The van der Waals surface area contributed by atoms with Gasteiger partial charge in [-0.25, -0.2) is 0 Å². The van der Waals surface area contributed by atoms with Crippen LogP contribution in [0.1, 0.15) is 15.9 Å². The third kappa shape index (κ3) is 4.86. The number of aliphatic hydroxyl groups excluding tert-OH is 1. The molecule has 0 aliphatic heterocycles. The number of hydrogen-bond donors (Lipinski definition) is 1. The highest BCUT2D eigenvalue weighted by atomic mass is 35.5. The summed E-state index contributed by atoms with van der Waals surface area (Å²) in [6.07, 6.45) is 0. The van der Waals surface area contributed by atoms with Crippen LogP contribution in [0.5, 0.6) is 0 Å². The van der Waals surface area contributed by atoms with Gasteiger partial charge in [-0.3, -0.25) is 4.79 Å². The highest BCUT2D eigenvalue weighted by molar-refractivity contribution is 6.32. The van der Waals surface area contributed by atoms with Crippen LogP contribution in [0, 0.1) is 11.8 Å². The number of nitrogens with zero attached hydrogens (tertiary/aromatic N) is 2. The van der Waals surface area contributed by atoms with Gasteiger partial charge in [-0.05, 0) is 32.3 Å². The second kappa shape index (κ2) is 7.91. The molecule has 0 saturated heterocycles. The summed E-state index contributed by atoms with van der Waals surface area (Å²) in [6.45, 7) is 1.23. The van der Waals surface area contributed by atoms with Gasteiger partial charge in [-0.1, -0.05) is 23.4 Å². The molecule has 1 amide bonds. The Morgan fingerprint density at radius 1 is 1.30 bits per heavy atom. The maximum absolute atomic E-state index is 12.2. The van der Waals surface area contributed by atoms with E-state index in [1.54, 1.807) is 30.1 Å². The minimum atomic E-state index is -0.218. The molecule has 5 heteroatoms. The van der Waals surface area contributed by atoms with Gasteiger partial charge in [0.15, 0.2) is 0 Å². The van der Waals surface area contributed by atoms with Gasteiger partial charge < -0.3 is 14.9 Å². The Morgan fingerprint density at radius 2 is 2.00 bits per heavy atom. The van der Waals surface area contributed by atoms with E-state index in [0.717, 1.165) is 6.54 Å². The van der Waals surface area contributed by atoms with E-state index in [1.165, 1.54) is 0 Å². The van der Waals surface area contributed by atoms with Crippen molar-refractivity contribution in [3.8, 4) is 11.8 Å². The molecule has 0 atom stereocenters. The van der Waals surface area contributed by atoms with E-state index < -0.39 is 0 Å². The average Bonchev–Trinajstić information content (AvgIpc) is 2.42. The van der Waals surface area contributed by atoms with Crippen LogP contribution < -0.4 is 0 Å². The molecule has 0 heterocycles. The maximum atomic E-state index is 12.2. The van der Waals surface area contributed by atoms with Crippen molar-refractivity contribution < 1.29 is 9.90 Å². The maximum Gasteiger partial charge on any atom is 0.253 e. The minimum Gasteiger partial charge on any atom is -0.384 e. The van der Waals surface area contributed by atoms with Gasteiger partial charge in [-0.15, -0.1) is 0 Å². The standard InChI is InChI=1S/C15H19ClN2O2/c1-17(2)8-9-18(3)15(20)13-7-6-12(5-4-10-19)14(16)11-13/h6-7,11,19H,8-10H2,1-3H3. The molecule has 0 aliphatic rings. The van der Waals surface area contributed by atoms with Crippen molar-refractivity contribution in [3.63, 3.8) is 0 Å². The molecule has 0 aliphatic carbocycles. The van der Waals surface area contributed by atoms with Crippen LogP contribution in [0.2, 0.25) is 5.02 Å². The number of halogens is 1. The highest BCUT2D eigenvalue weighted by Gasteiger charge is 2.13. The van der Waals surface area contributed by atoms with Crippen LogP contribution in [0.4, 0.5) is 0 Å². The summed E-state index contributed by atoms with van der Waals surface area (Å²) >= 11 is 6.08. The Morgan fingerprint density at radius 3 is 2.55 bits per heavy atom. The summed E-state index contributed by atoms with van der Waals surface area (Å²) in [5, 5.41) is 9.07. The molecule has 1 N–H and O–H groups in total. The lowest BCUT2D eigenvalue weighted by atomic mass is 10.1. The van der Waals surface area contributed by atoms with E-state index in [-0.39, 0.29) is 12.5 Å². The lowest BCUT2D eigenvalue weighted by Gasteiger charge is -2.19. The van der Waals surface area contributed by atoms with E-state index in [1.807, 2.05) is 19.0 Å². The molecule has 4 nitrogen and oxygen atoms in total. The van der Waals surface area contributed by atoms with E-state index in [9.17, 15) is 4.79 Å².